The van der Waals surface area contributed by atoms with E-state index in [0.29, 0.717) is 35.4 Å². The Hall–Kier alpha value is -3.71. The van der Waals surface area contributed by atoms with Gasteiger partial charge in [-0.15, -0.1) is 0 Å². The van der Waals surface area contributed by atoms with Crippen molar-refractivity contribution in [3.63, 3.8) is 0 Å². The number of hydrogen-bond acceptors (Lipinski definition) is 5. The van der Waals surface area contributed by atoms with Gasteiger partial charge in [0.25, 0.3) is 0 Å². The lowest BCUT2D eigenvalue weighted by Gasteiger charge is -2.17. The third kappa shape index (κ3) is 5.69. The zero-order chi connectivity index (χ0) is 24.8. The smallest absolute Gasteiger partial charge is 0.224 e. The summed E-state index contributed by atoms with van der Waals surface area (Å²) in [6, 6.07) is 20.4. The van der Waals surface area contributed by atoms with E-state index in [-0.39, 0.29) is 18.4 Å². The van der Waals surface area contributed by atoms with Crippen LogP contribution in [0.2, 0.25) is 5.02 Å². The molecule has 0 saturated heterocycles. The SMILES string of the molecule is COc1ccc(CC(=O)NC(C)c2nc3ccccc3n2CCOc2ccccc2Cl)cc1OC. The van der Waals surface area contributed by atoms with Gasteiger partial charge in [0.05, 0.1) is 49.3 Å². The van der Waals surface area contributed by atoms with Crippen molar-refractivity contribution >= 4 is 28.5 Å². The minimum absolute atomic E-state index is 0.115. The molecule has 1 heterocycles. The summed E-state index contributed by atoms with van der Waals surface area (Å²) in [7, 11) is 3.15. The van der Waals surface area contributed by atoms with E-state index in [0.717, 1.165) is 22.4 Å². The van der Waals surface area contributed by atoms with E-state index in [4.69, 9.17) is 30.8 Å². The molecular weight excluding hydrogens is 466 g/mol. The Kier molecular flexibility index (Phi) is 7.77. The van der Waals surface area contributed by atoms with E-state index in [1.54, 1.807) is 26.4 Å². The van der Waals surface area contributed by atoms with Gasteiger partial charge < -0.3 is 24.1 Å². The normalized spacial score (nSPS) is 11.8. The Balaban J connectivity index is 1.48. The maximum atomic E-state index is 12.9. The third-order valence-corrected chi connectivity index (χ3v) is 5.98. The highest BCUT2D eigenvalue weighted by Gasteiger charge is 2.19. The molecule has 1 amide bonds. The lowest BCUT2D eigenvalue weighted by atomic mass is 10.1. The van der Waals surface area contributed by atoms with Crippen LogP contribution in [-0.4, -0.2) is 36.3 Å². The molecule has 35 heavy (non-hydrogen) atoms. The molecule has 1 aromatic heterocycles. The molecule has 8 heteroatoms. The minimum Gasteiger partial charge on any atom is -0.493 e. The van der Waals surface area contributed by atoms with E-state index in [2.05, 4.69) is 9.88 Å². The first-order chi connectivity index (χ1) is 17.0. The van der Waals surface area contributed by atoms with Gasteiger partial charge in [0.15, 0.2) is 11.5 Å². The Morgan fingerprint density at radius 3 is 2.51 bits per heavy atom. The lowest BCUT2D eigenvalue weighted by Crippen LogP contribution is -2.30. The second-order valence-electron chi connectivity index (χ2n) is 8.04. The molecule has 0 radical (unpaired) electrons. The molecule has 182 valence electrons. The van der Waals surface area contributed by atoms with Crippen molar-refractivity contribution in [3.05, 3.63) is 83.1 Å². The topological polar surface area (TPSA) is 74.6 Å². The molecule has 4 aromatic rings. The van der Waals surface area contributed by atoms with Gasteiger partial charge in [0.1, 0.15) is 18.2 Å². The zero-order valence-electron chi connectivity index (χ0n) is 20.0. The third-order valence-electron chi connectivity index (χ3n) is 5.67. The summed E-state index contributed by atoms with van der Waals surface area (Å²) in [4.78, 5) is 17.6. The average molecular weight is 494 g/mol. The summed E-state index contributed by atoms with van der Waals surface area (Å²) >= 11 is 6.21. The average Bonchev–Trinajstić information content (AvgIpc) is 3.24. The fraction of sp³-hybridized carbons (Fsp3) is 0.259. The van der Waals surface area contributed by atoms with Gasteiger partial charge in [-0.25, -0.2) is 4.98 Å². The lowest BCUT2D eigenvalue weighted by molar-refractivity contribution is -0.121. The number of imidazole rings is 1. The number of halogens is 1. The fourth-order valence-corrected chi connectivity index (χ4v) is 4.19. The van der Waals surface area contributed by atoms with E-state index < -0.39 is 0 Å². The second kappa shape index (κ2) is 11.1. The molecular formula is C27H28ClN3O4. The van der Waals surface area contributed by atoms with Crippen LogP contribution in [0.1, 0.15) is 24.4 Å². The Bertz CT molecular complexity index is 1320. The highest BCUT2D eigenvalue weighted by Crippen LogP contribution is 2.28. The van der Waals surface area contributed by atoms with Crippen LogP contribution in [0, 0.1) is 0 Å². The number of amides is 1. The first kappa shape index (κ1) is 24.4. The summed E-state index contributed by atoms with van der Waals surface area (Å²) in [5.41, 5.74) is 2.67. The number of hydrogen-bond donors (Lipinski definition) is 1. The maximum absolute atomic E-state index is 12.9. The number of rotatable bonds is 10. The molecule has 0 fully saturated rings. The van der Waals surface area contributed by atoms with Gasteiger partial charge in [-0.2, -0.15) is 0 Å². The molecule has 0 saturated carbocycles. The highest BCUT2D eigenvalue weighted by molar-refractivity contribution is 6.32. The van der Waals surface area contributed by atoms with E-state index >= 15 is 0 Å². The first-order valence-corrected chi connectivity index (χ1v) is 11.7. The maximum Gasteiger partial charge on any atom is 0.224 e. The number of benzene rings is 3. The summed E-state index contributed by atoms with van der Waals surface area (Å²) in [5.74, 6) is 2.49. The van der Waals surface area contributed by atoms with E-state index in [1.807, 2.05) is 61.5 Å². The number of nitrogens with one attached hydrogen (secondary N) is 1. The Morgan fingerprint density at radius 2 is 1.74 bits per heavy atom. The zero-order valence-corrected chi connectivity index (χ0v) is 20.7. The fourth-order valence-electron chi connectivity index (χ4n) is 4.00. The van der Waals surface area contributed by atoms with Crippen LogP contribution in [0.4, 0.5) is 0 Å². The molecule has 7 nitrogen and oxygen atoms in total. The second-order valence-corrected chi connectivity index (χ2v) is 8.45. The van der Waals surface area contributed by atoms with Crippen LogP contribution < -0.4 is 19.5 Å². The standard InChI is InChI=1S/C27H28ClN3O4/c1-18(29-26(32)17-19-12-13-24(33-2)25(16-19)34-3)27-30-21-9-5-6-10-22(21)31(27)14-15-35-23-11-7-4-8-20(23)28/h4-13,16,18H,14-15,17H2,1-3H3,(H,29,32). The van der Waals surface area contributed by atoms with Crippen LogP contribution in [0.15, 0.2) is 66.7 Å². The molecule has 0 spiro atoms. The van der Waals surface area contributed by atoms with Gasteiger partial charge in [-0.3, -0.25) is 4.79 Å². The van der Waals surface area contributed by atoms with Gasteiger partial charge in [-0.1, -0.05) is 41.9 Å². The molecule has 0 aliphatic carbocycles. The van der Waals surface area contributed by atoms with Crippen molar-refractivity contribution in [3.8, 4) is 17.2 Å². The largest absolute Gasteiger partial charge is 0.493 e. The summed E-state index contributed by atoms with van der Waals surface area (Å²) in [6.07, 6.45) is 0.209. The Morgan fingerprint density at radius 1 is 1.00 bits per heavy atom. The summed E-state index contributed by atoms with van der Waals surface area (Å²) < 4.78 is 18.6. The monoisotopic (exact) mass is 493 g/mol. The van der Waals surface area contributed by atoms with Crippen molar-refractivity contribution < 1.29 is 19.0 Å². The number of ether oxygens (including phenoxy) is 3. The predicted octanol–water partition coefficient (Wildman–Crippen LogP) is 5.21. The quantitative estimate of drug-likeness (QED) is 0.328. The molecule has 1 N–H and O–H groups in total. The molecule has 0 bridgehead atoms. The summed E-state index contributed by atoms with van der Waals surface area (Å²) in [6.45, 7) is 2.89. The molecule has 1 unspecified atom stereocenters. The number of nitrogens with zero attached hydrogens (tertiary/aromatic N) is 2. The molecule has 1 atom stereocenters. The van der Waals surface area contributed by atoms with Crippen molar-refractivity contribution in [2.75, 3.05) is 20.8 Å². The van der Waals surface area contributed by atoms with Crippen LogP contribution >= 0.6 is 11.6 Å². The Labute approximate surface area is 209 Å². The molecule has 4 rings (SSSR count). The molecule has 0 aliphatic rings. The van der Waals surface area contributed by atoms with Crippen molar-refractivity contribution in [1.29, 1.82) is 0 Å². The van der Waals surface area contributed by atoms with Gasteiger partial charge >= 0.3 is 0 Å². The number of carbonyl (C=O) groups is 1. The number of aromatic nitrogens is 2. The first-order valence-electron chi connectivity index (χ1n) is 11.3. The van der Waals surface area contributed by atoms with Crippen molar-refractivity contribution in [2.24, 2.45) is 0 Å². The minimum atomic E-state index is -0.310. The molecule has 3 aromatic carbocycles. The van der Waals surface area contributed by atoms with Gasteiger partial charge in [-0.05, 0) is 48.9 Å². The van der Waals surface area contributed by atoms with Crippen LogP contribution in [0.3, 0.4) is 0 Å². The van der Waals surface area contributed by atoms with Crippen molar-refractivity contribution in [2.45, 2.75) is 25.9 Å². The van der Waals surface area contributed by atoms with E-state index in [1.165, 1.54) is 0 Å². The van der Waals surface area contributed by atoms with Crippen molar-refractivity contribution in [1.82, 2.24) is 14.9 Å². The van der Waals surface area contributed by atoms with Crippen LogP contribution in [-0.2, 0) is 17.8 Å². The number of methoxy groups -OCH3 is 2. The van der Waals surface area contributed by atoms with Gasteiger partial charge in [0, 0.05) is 0 Å². The van der Waals surface area contributed by atoms with Crippen LogP contribution in [0.5, 0.6) is 17.2 Å². The summed E-state index contributed by atoms with van der Waals surface area (Å²) in [5, 5.41) is 3.64. The predicted molar refractivity (Wildman–Crippen MR) is 136 cm³/mol. The number of fused-ring (bicyclic) bond motifs is 1. The van der Waals surface area contributed by atoms with Gasteiger partial charge in [0.2, 0.25) is 5.91 Å². The number of para-hydroxylation sites is 3. The van der Waals surface area contributed by atoms with E-state index in [9.17, 15) is 4.79 Å². The number of carbonyl (C=O) groups excluding carboxylic acids is 1. The van der Waals surface area contributed by atoms with Crippen LogP contribution in [0.25, 0.3) is 11.0 Å². The molecule has 0 aliphatic heterocycles. The highest BCUT2D eigenvalue weighted by atomic mass is 35.5.